The van der Waals surface area contributed by atoms with E-state index < -0.39 is 0 Å². The number of nitrogens with zero attached hydrogens (tertiary/aromatic N) is 1. The van der Waals surface area contributed by atoms with Crippen molar-refractivity contribution in [2.75, 3.05) is 0 Å². The Labute approximate surface area is 140 Å². The average molecular weight is 334 g/mol. The van der Waals surface area contributed by atoms with Crippen molar-refractivity contribution in [2.45, 2.75) is 26.2 Å². The first kappa shape index (κ1) is 15.4. The molecule has 0 unspecified atom stereocenters. The summed E-state index contributed by atoms with van der Waals surface area (Å²) in [5.74, 6) is 0.200. The number of hydrogen-bond acceptors (Lipinski definition) is 2. The van der Waals surface area contributed by atoms with Crippen molar-refractivity contribution in [1.82, 2.24) is 0 Å². The summed E-state index contributed by atoms with van der Waals surface area (Å²) in [6.45, 7) is 4.20. The fourth-order valence-electron chi connectivity index (χ4n) is 3.31. The van der Waals surface area contributed by atoms with Gasteiger partial charge >= 0.3 is 0 Å². The largest absolute Gasteiger partial charge is 0.411 e. The molecule has 0 fully saturated rings. The zero-order chi connectivity index (χ0) is 15.9. The second-order valence-electron chi connectivity index (χ2n) is 6.35. The van der Waals surface area contributed by atoms with Gasteiger partial charge in [-0.2, -0.15) is 0 Å². The van der Waals surface area contributed by atoms with Crippen molar-refractivity contribution < 1.29 is 5.21 Å². The molecule has 114 valence electrons. The molecule has 2 nitrogen and oxygen atoms in total. The molecule has 22 heavy (non-hydrogen) atoms. The Balaban J connectivity index is 2.18. The summed E-state index contributed by atoms with van der Waals surface area (Å²) in [5.41, 5.74) is 3.80. The molecule has 0 bridgehead atoms. The van der Waals surface area contributed by atoms with Crippen molar-refractivity contribution in [1.29, 1.82) is 0 Å². The zero-order valence-corrected chi connectivity index (χ0v) is 14.0. The van der Waals surface area contributed by atoms with Crippen LogP contribution in [0.4, 0.5) is 0 Å². The molecule has 0 saturated carbocycles. The summed E-state index contributed by atoms with van der Waals surface area (Å²) >= 11 is 12.2. The van der Waals surface area contributed by atoms with E-state index in [0.29, 0.717) is 10.0 Å². The van der Waals surface area contributed by atoms with Gasteiger partial charge in [0.2, 0.25) is 0 Å². The predicted molar refractivity (Wildman–Crippen MR) is 91.5 cm³/mol. The van der Waals surface area contributed by atoms with E-state index >= 15 is 0 Å². The van der Waals surface area contributed by atoms with Crippen molar-refractivity contribution >= 4 is 28.9 Å². The molecule has 3 rings (SSSR count). The normalized spacial score (nSPS) is 21.6. The van der Waals surface area contributed by atoms with Crippen LogP contribution in [-0.2, 0) is 0 Å². The van der Waals surface area contributed by atoms with Crippen molar-refractivity contribution in [3.05, 3.63) is 69.2 Å². The molecule has 2 aromatic carbocycles. The fourth-order valence-corrected chi connectivity index (χ4v) is 3.62. The minimum absolute atomic E-state index is 0.200. The van der Waals surface area contributed by atoms with Gasteiger partial charge in [-0.05, 0) is 29.7 Å². The summed E-state index contributed by atoms with van der Waals surface area (Å²) in [6, 6.07) is 13.9. The lowest BCUT2D eigenvalue weighted by Crippen LogP contribution is -2.34. The SMILES string of the molecule is CC1(C)C[C@@H](c2ccc(Cl)c(Cl)c2)c2ccccc2/C1=N\O. The molecule has 0 heterocycles. The Bertz CT molecular complexity index is 753. The Morgan fingerprint density at radius 1 is 1.09 bits per heavy atom. The minimum Gasteiger partial charge on any atom is -0.411 e. The second-order valence-corrected chi connectivity index (χ2v) is 7.16. The summed E-state index contributed by atoms with van der Waals surface area (Å²) in [7, 11) is 0. The number of fused-ring (bicyclic) bond motifs is 1. The summed E-state index contributed by atoms with van der Waals surface area (Å²) in [6.07, 6.45) is 0.849. The van der Waals surface area contributed by atoms with Crippen LogP contribution in [0.3, 0.4) is 0 Å². The Morgan fingerprint density at radius 2 is 1.82 bits per heavy atom. The van der Waals surface area contributed by atoms with E-state index in [1.54, 1.807) is 0 Å². The van der Waals surface area contributed by atoms with Gasteiger partial charge in [0.15, 0.2) is 0 Å². The van der Waals surface area contributed by atoms with Crippen molar-refractivity contribution in [2.24, 2.45) is 10.6 Å². The number of rotatable bonds is 1. The number of halogens is 2. The van der Waals surface area contributed by atoms with Crippen LogP contribution < -0.4 is 0 Å². The molecule has 1 N–H and O–H groups in total. The molecule has 0 aromatic heterocycles. The van der Waals surface area contributed by atoms with Crippen molar-refractivity contribution in [3.63, 3.8) is 0 Å². The maximum atomic E-state index is 9.46. The van der Waals surface area contributed by atoms with Gasteiger partial charge in [0, 0.05) is 16.9 Å². The molecular formula is C18H17Cl2NO. The maximum absolute atomic E-state index is 9.46. The first-order chi connectivity index (χ1) is 10.4. The van der Waals surface area contributed by atoms with Gasteiger partial charge in [-0.25, -0.2) is 0 Å². The molecule has 4 heteroatoms. The number of oxime groups is 1. The Morgan fingerprint density at radius 3 is 2.50 bits per heavy atom. The molecule has 0 radical (unpaired) electrons. The zero-order valence-electron chi connectivity index (χ0n) is 12.5. The maximum Gasteiger partial charge on any atom is 0.0927 e. The highest BCUT2D eigenvalue weighted by Crippen LogP contribution is 2.46. The molecular weight excluding hydrogens is 317 g/mol. The van der Waals surface area contributed by atoms with Gasteiger partial charge in [0.25, 0.3) is 0 Å². The second kappa shape index (κ2) is 5.60. The highest BCUT2D eigenvalue weighted by molar-refractivity contribution is 6.42. The van der Waals surface area contributed by atoms with Crippen LogP contribution in [-0.4, -0.2) is 10.9 Å². The predicted octanol–water partition coefficient (Wildman–Crippen LogP) is 5.73. The lowest BCUT2D eigenvalue weighted by molar-refractivity contribution is 0.304. The van der Waals surface area contributed by atoms with Gasteiger partial charge in [-0.3, -0.25) is 0 Å². The highest BCUT2D eigenvalue weighted by Gasteiger charge is 2.38. The molecule has 0 spiro atoms. The van der Waals surface area contributed by atoms with Gasteiger partial charge in [-0.1, -0.05) is 72.5 Å². The molecule has 1 atom stereocenters. The quantitative estimate of drug-likeness (QED) is 0.524. The van der Waals surface area contributed by atoms with Crippen LogP contribution in [0.2, 0.25) is 10.0 Å². The molecule has 0 saturated heterocycles. The van der Waals surface area contributed by atoms with Gasteiger partial charge in [0.1, 0.15) is 0 Å². The van der Waals surface area contributed by atoms with Crippen LogP contribution in [0.1, 0.15) is 42.9 Å². The van der Waals surface area contributed by atoms with E-state index in [1.807, 2.05) is 36.4 Å². The van der Waals surface area contributed by atoms with Crippen LogP contribution in [0.15, 0.2) is 47.6 Å². The average Bonchev–Trinajstić information content (AvgIpc) is 2.49. The van der Waals surface area contributed by atoms with E-state index in [1.165, 1.54) is 0 Å². The third-order valence-corrected chi connectivity index (χ3v) is 5.13. The van der Waals surface area contributed by atoms with Crippen LogP contribution in [0.25, 0.3) is 0 Å². The summed E-state index contributed by atoms with van der Waals surface area (Å²) in [4.78, 5) is 0. The molecule has 1 aliphatic carbocycles. The van der Waals surface area contributed by atoms with Gasteiger partial charge < -0.3 is 5.21 Å². The molecule has 2 aromatic rings. The monoisotopic (exact) mass is 333 g/mol. The number of benzene rings is 2. The van der Waals surface area contributed by atoms with Crippen LogP contribution >= 0.6 is 23.2 Å². The summed E-state index contributed by atoms with van der Waals surface area (Å²) < 4.78 is 0. The van der Waals surface area contributed by atoms with Crippen LogP contribution in [0.5, 0.6) is 0 Å². The molecule has 1 aliphatic rings. The minimum atomic E-state index is -0.222. The fraction of sp³-hybridized carbons (Fsp3) is 0.278. The molecule has 0 aliphatic heterocycles. The van der Waals surface area contributed by atoms with E-state index in [-0.39, 0.29) is 11.3 Å². The number of hydrogen-bond donors (Lipinski definition) is 1. The first-order valence-corrected chi connectivity index (χ1v) is 7.96. The Hall–Kier alpha value is -1.51. The van der Waals surface area contributed by atoms with Crippen molar-refractivity contribution in [3.8, 4) is 0 Å². The third kappa shape index (κ3) is 2.51. The standard InChI is InChI=1S/C18H17Cl2NO/c1-18(2)10-14(11-7-8-15(19)16(20)9-11)12-5-3-4-6-13(12)17(18)21-22/h3-9,14,22H,10H2,1-2H3/b21-17+/t14-/m0/s1. The lowest BCUT2D eigenvalue weighted by atomic mass is 9.66. The topological polar surface area (TPSA) is 32.6 Å². The van der Waals surface area contributed by atoms with Gasteiger partial charge in [0.05, 0.1) is 15.8 Å². The molecule has 0 amide bonds. The first-order valence-electron chi connectivity index (χ1n) is 7.21. The third-order valence-electron chi connectivity index (χ3n) is 4.39. The Kier molecular flexibility index (Phi) is 3.92. The van der Waals surface area contributed by atoms with E-state index in [2.05, 4.69) is 25.1 Å². The van der Waals surface area contributed by atoms with Gasteiger partial charge in [-0.15, -0.1) is 0 Å². The lowest BCUT2D eigenvalue weighted by Gasteiger charge is -2.37. The van der Waals surface area contributed by atoms with E-state index in [9.17, 15) is 5.21 Å². The van der Waals surface area contributed by atoms with E-state index in [0.717, 1.165) is 28.8 Å². The smallest absolute Gasteiger partial charge is 0.0927 e. The van der Waals surface area contributed by atoms with E-state index in [4.69, 9.17) is 23.2 Å². The highest BCUT2D eigenvalue weighted by atomic mass is 35.5. The summed E-state index contributed by atoms with van der Waals surface area (Å²) in [5, 5.41) is 14.2. The van der Waals surface area contributed by atoms with Crippen LogP contribution in [0, 0.1) is 5.41 Å².